The van der Waals surface area contributed by atoms with E-state index in [1.807, 2.05) is 6.92 Å². The van der Waals surface area contributed by atoms with Crippen LogP contribution in [0.15, 0.2) is 0 Å². The summed E-state index contributed by atoms with van der Waals surface area (Å²) in [5.41, 5.74) is 0. The summed E-state index contributed by atoms with van der Waals surface area (Å²) in [4.78, 5) is 11.6. The Morgan fingerprint density at radius 2 is 1.28 bits per heavy atom. The van der Waals surface area contributed by atoms with Gasteiger partial charge < -0.3 is 0 Å². The Morgan fingerprint density at radius 1 is 0.833 bits per heavy atom. The zero-order valence-electron chi connectivity index (χ0n) is 12.0. The molecule has 0 heterocycles. The number of carbonyl (C=O) groups is 1. The molecule has 1 aliphatic rings. The van der Waals surface area contributed by atoms with Gasteiger partial charge in [-0.2, -0.15) is 0 Å². The second-order valence-electron chi connectivity index (χ2n) is 6.16. The first kappa shape index (κ1) is 16.0. The van der Waals surface area contributed by atoms with E-state index in [1.54, 1.807) is 0 Å². The molecule has 0 saturated heterocycles. The van der Waals surface area contributed by atoms with Crippen molar-refractivity contribution < 1.29 is 4.79 Å². The van der Waals surface area contributed by atoms with E-state index < -0.39 is 0 Å². The maximum Gasteiger partial charge on any atom is 0.134 e. The highest BCUT2D eigenvalue weighted by atomic mass is 35.5. The standard InChI is InChI=1S/C16H29ClO/c1-16(17)13-11-9-7-5-3-2-4-6-8-10-12-15(18)14-16/h2-14H2,1H3. The van der Waals surface area contributed by atoms with Crippen LogP contribution >= 0.6 is 11.6 Å². The second kappa shape index (κ2) is 8.96. The van der Waals surface area contributed by atoms with Crippen LogP contribution in [0.3, 0.4) is 0 Å². The first-order chi connectivity index (χ1) is 8.60. The number of hydrogen-bond donors (Lipinski definition) is 0. The smallest absolute Gasteiger partial charge is 0.134 e. The fourth-order valence-electron chi connectivity index (χ4n) is 2.82. The number of hydrogen-bond acceptors (Lipinski definition) is 1. The minimum absolute atomic E-state index is 0.294. The van der Waals surface area contributed by atoms with Gasteiger partial charge in [-0.25, -0.2) is 0 Å². The molecule has 1 nitrogen and oxygen atoms in total. The summed E-state index contributed by atoms with van der Waals surface area (Å²) >= 11 is 6.45. The van der Waals surface area contributed by atoms with E-state index in [4.69, 9.17) is 11.6 Å². The van der Waals surface area contributed by atoms with Crippen LogP contribution in [0, 0.1) is 0 Å². The van der Waals surface area contributed by atoms with Crippen molar-refractivity contribution in [1.82, 2.24) is 0 Å². The van der Waals surface area contributed by atoms with Crippen molar-refractivity contribution in [2.75, 3.05) is 0 Å². The average molecular weight is 273 g/mol. The molecule has 0 aromatic carbocycles. The maximum absolute atomic E-state index is 11.9. The molecule has 1 saturated carbocycles. The molecule has 1 aliphatic carbocycles. The van der Waals surface area contributed by atoms with Gasteiger partial charge in [0.25, 0.3) is 0 Å². The molecule has 1 rings (SSSR count). The van der Waals surface area contributed by atoms with E-state index in [-0.39, 0.29) is 4.87 Å². The van der Waals surface area contributed by atoms with Crippen LogP contribution in [-0.4, -0.2) is 10.7 Å². The number of halogens is 1. The summed E-state index contributed by atoms with van der Waals surface area (Å²) in [6, 6.07) is 0. The Hall–Kier alpha value is -0.0400. The highest BCUT2D eigenvalue weighted by Crippen LogP contribution is 2.28. The van der Waals surface area contributed by atoms with Crippen molar-refractivity contribution in [2.45, 2.75) is 95.3 Å². The van der Waals surface area contributed by atoms with Gasteiger partial charge >= 0.3 is 0 Å². The van der Waals surface area contributed by atoms with Crippen LogP contribution in [0.2, 0.25) is 0 Å². The third kappa shape index (κ3) is 8.13. The van der Waals surface area contributed by atoms with Gasteiger partial charge in [-0.3, -0.25) is 4.79 Å². The molecule has 1 atom stereocenters. The van der Waals surface area contributed by atoms with E-state index >= 15 is 0 Å². The molecular weight excluding hydrogens is 244 g/mol. The zero-order chi connectivity index (χ0) is 13.3. The van der Waals surface area contributed by atoms with Gasteiger partial charge in [0.15, 0.2) is 0 Å². The lowest BCUT2D eigenvalue weighted by molar-refractivity contribution is -0.119. The quantitative estimate of drug-likeness (QED) is 0.522. The Labute approximate surface area is 118 Å². The van der Waals surface area contributed by atoms with Gasteiger partial charge in [-0.05, 0) is 19.8 Å². The normalized spacial score (nSPS) is 30.4. The molecule has 1 unspecified atom stereocenters. The van der Waals surface area contributed by atoms with Crippen molar-refractivity contribution in [1.29, 1.82) is 0 Å². The number of carbonyl (C=O) groups excluding carboxylic acids is 1. The number of ketones is 1. The van der Waals surface area contributed by atoms with Gasteiger partial charge in [0.2, 0.25) is 0 Å². The van der Waals surface area contributed by atoms with Crippen molar-refractivity contribution in [3.05, 3.63) is 0 Å². The van der Waals surface area contributed by atoms with Crippen molar-refractivity contribution in [3.63, 3.8) is 0 Å². The molecule has 1 fully saturated rings. The molecule has 0 bridgehead atoms. The van der Waals surface area contributed by atoms with Gasteiger partial charge in [-0.1, -0.05) is 57.8 Å². The summed E-state index contributed by atoms with van der Waals surface area (Å²) in [5, 5.41) is 0. The number of rotatable bonds is 0. The maximum atomic E-state index is 11.9. The molecule has 0 N–H and O–H groups in total. The summed E-state index contributed by atoms with van der Waals surface area (Å²) in [5.74, 6) is 0.363. The van der Waals surface area contributed by atoms with Gasteiger partial charge in [0.1, 0.15) is 5.78 Å². The van der Waals surface area contributed by atoms with Crippen molar-refractivity contribution in [2.24, 2.45) is 0 Å². The van der Waals surface area contributed by atoms with Gasteiger partial charge in [0, 0.05) is 17.7 Å². The van der Waals surface area contributed by atoms with Crippen LogP contribution in [0.5, 0.6) is 0 Å². The second-order valence-corrected chi connectivity index (χ2v) is 7.08. The third-order valence-electron chi connectivity index (χ3n) is 3.97. The van der Waals surface area contributed by atoms with Crippen LogP contribution < -0.4 is 0 Å². The van der Waals surface area contributed by atoms with Gasteiger partial charge in [-0.15, -0.1) is 11.6 Å². The Morgan fingerprint density at radius 3 is 1.83 bits per heavy atom. The average Bonchev–Trinajstić information content (AvgIpc) is 2.29. The van der Waals surface area contributed by atoms with E-state index in [9.17, 15) is 4.79 Å². The Kier molecular flexibility index (Phi) is 7.97. The molecule has 0 radical (unpaired) electrons. The highest BCUT2D eigenvalue weighted by Gasteiger charge is 2.23. The van der Waals surface area contributed by atoms with Crippen LogP contribution in [0.25, 0.3) is 0 Å². The van der Waals surface area contributed by atoms with Crippen molar-refractivity contribution in [3.8, 4) is 0 Å². The highest BCUT2D eigenvalue weighted by molar-refractivity contribution is 6.24. The summed E-state index contributed by atoms with van der Waals surface area (Å²) < 4.78 is 0. The number of Topliss-reactive ketones (excluding diaryl/α,β-unsaturated/α-hetero) is 1. The lowest BCUT2D eigenvalue weighted by Gasteiger charge is -2.21. The van der Waals surface area contributed by atoms with Gasteiger partial charge in [0.05, 0.1) is 0 Å². The topological polar surface area (TPSA) is 17.1 Å². The predicted molar refractivity (Wildman–Crippen MR) is 79.3 cm³/mol. The number of alkyl halides is 1. The van der Waals surface area contributed by atoms with Crippen molar-refractivity contribution >= 4 is 17.4 Å². The van der Waals surface area contributed by atoms with E-state index in [2.05, 4.69) is 0 Å². The molecule has 0 amide bonds. The fourth-order valence-corrected chi connectivity index (χ4v) is 3.10. The first-order valence-corrected chi connectivity index (χ1v) is 8.19. The third-order valence-corrected chi connectivity index (χ3v) is 4.29. The Bertz CT molecular complexity index is 235. The molecule has 0 aromatic heterocycles. The summed E-state index contributed by atoms with van der Waals surface area (Å²) in [6.07, 6.45) is 15.1. The minimum Gasteiger partial charge on any atom is -0.300 e. The summed E-state index contributed by atoms with van der Waals surface area (Å²) in [7, 11) is 0. The lowest BCUT2D eigenvalue weighted by Crippen LogP contribution is -2.21. The SMILES string of the molecule is CC1(Cl)CCCCCCCCCCCCC(=O)C1. The molecule has 0 aliphatic heterocycles. The largest absolute Gasteiger partial charge is 0.300 e. The van der Waals surface area contributed by atoms with Crippen LogP contribution in [0.1, 0.15) is 90.4 Å². The zero-order valence-corrected chi connectivity index (χ0v) is 12.7. The fraction of sp³-hybridized carbons (Fsp3) is 0.938. The molecule has 18 heavy (non-hydrogen) atoms. The first-order valence-electron chi connectivity index (χ1n) is 7.81. The Balaban J connectivity index is 2.35. The molecule has 0 aromatic rings. The monoisotopic (exact) mass is 272 g/mol. The summed E-state index contributed by atoms with van der Waals surface area (Å²) in [6.45, 7) is 2.03. The van der Waals surface area contributed by atoms with E-state index in [1.165, 1.54) is 57.8 Å². The van der Waals surface area contributed by atoms with E-state index in [0.29, 0.717) is 12.2 Å². The van der Waals surface area contributed by atoms with Crippen LogP contribution in [0.4, 0.5) is 0 Å². The molecule has 0 spiro atoms. The molecule has 2 heteroatoms. The lowest BCUT2D eigenvalue weighted by atomic mass is 9.94. The predicted octanol–water partition coefficient (Wildman–Crippen LogP) is 5.64. The minimum atomic E-state index is -0.294. The molecule has 106 valence electrons. The molecular formula is C16H29ClO. The van der Waals surface area contributed by atoms with Crippen LogP contribution in [-0.2, 0) is 4.79 Å². The van der Waals surface area contributed by atoms with E-state index in [0.717, 1.165) is 19.3 Å².